The summed E-state index contributed by atoms with van der Waals surface area (Å²) in [6, 6.07) is 10.8. The highest BCUT2D eigenvalue weighted by Crippen LogP contribution is 2.14. The van der Waals surface area contributed by atoms with Gasteiger partial charge in [0.1, 0.15) is 5.82 Å². The first kappa shape index (κ1) is 14.0. The molecular formula is C14H10ClFN2O2. The number of carbonyl (C=O) groups excluding carboxylic acids is 2. The third kappa shape index (κ3) is 3.55. The van der Waals surface area contributed by atoms with Crippen molar-refractivity contribution >= 4 is 29.2 Å². The van der Waals surface area contributed by atoms with Crippen LogP contribution in [-0.4, -0.2) is 11.9 Å². The van der Waals surface area contributed by atoms with Crippen LogP contribution in [0.15, 0.2) is 48.5 Å². The van der Waals surface area contributed by atoms with Crippen LogP contribution in [0.2, 0.25) is 5.02 Å². The summed E-state index contributed by atoms with van der Waals surface area (Å²) in [6.07, 6.45) is 0. The van der Waals surface area contributed by atoms with Gasteiger partial charge in [0.05, 0.1) is 10.6 Å². The SMILES string of the molecule is O=C(NC(=O)c1ccccc1Cl)Nc1ccc(F)cc1. The number of benzene rings is 2. The van der Waals surface area contributed by atoms with Crippen molar-refractivity contribution in [3.8, 4) is 0 Å². The molecular weight excluding hydrogens is 283 g/mol. The van der Waals surface area contributed by atoms with Gasteiger partial charge in [0.15, 0.2) is 0 Å². The van der Waals surface area contributed by atoms with Crippen LogP contribution in [0.1, 0.15) is 10.4 Å². The van der Waals surface area contributed by atoms with E-state index in [0.29, 0.717) is 5.69 Å². The van der Waals surface area contributed by atoms with Crippen LogP contribution >= 0.6 is 11.6 Å². The van der Waals surface area contributed by atoms with Crippen molar-refractivity contribution in [3.63, 3.8) is 0 Å². The standard InChI is InChI=1S/C14H10ClFN2O2/c15-12-4-2-1-3-11(12)13(19)18-14(20)17-10-7-5-9(16)6-8-10/h1-8H,(H2,17,18,19,20). The van der Waals surface area contributed by atoms with Crippen LogP contribution in [-0.2, 0) is 0 Å². The molecule has 0 aromatic heterocycles. The highest BCUT2D eigenvalue weighted by Gasteiger charge is 2.12. The third-order valence-corrected chi connectivity index (χ3v) is 2.78. The lowest BCUT2D eigenvalue weighted by Crippen LogP contribution is -2.34. The summed E-state index contributed by atoms with van der Waals surface area (Å²) >= 11 is 5.85. The lowest BCUT2D eigenvalue weighted by atomic mass is 10.2. The monoisotopic (exact) mass is 292 g/mol. The van der Waals surface area contributed by atoms with E-state index >= 15 is 0 Å². The summed E-state index contributed by atoms with van der Waals surface area (Å²) in [5, 5.41) is 4.79. The maximum absolute atomic E-state index is 12.7. The Kier molecular flexibility index (Phi) is 4.32. The summed E-state index contributed by atoms with van der Waals surface area (Å²) in [5.74, 6) is -1.03. The first-order chi connectivity index (χ1) is 9.56. The van der Waals surface area contributed by atoms with Crippen molar-refractivity contribution in [1.82, 2.24) is 5.32 Å². The zero-order valence-corrected chi connectivity index (χ0v) is 10.9. The minimum atomic E-state index is -0.721. The number of urea groups is 1. The summed E-state index contributed by atoms with van der Waals surface area (Å²) in [7, 11) is 0. The van der Waals surface area contributed by atoms with Gasteiger partial charge in [-0.2, -0.15) is 0 Å². The van der Waals surface area contributed by atoms with Crippen LogP contribution in [0.25, 0.3) is 0 Å². The molecule has 0 bridgehead atoms. The summed E-state index contributed by atoms with van der Waals surface area (Å²) in [5.41, 5.74) is 0.569. The molecule has 0 atom stereocenters. The first-order valence-corrected chi connectivity index (χ1v) is 6.06. The molecule has 0 unspecified atom stereocenters. The van der Waals surface area contributed by atoms with Gasteiger partial charge < -0.3 is 5.32 Å². The number of carbonyl (C=O) groups is 2. The lowest BCUT2D eigenvalue weighted by molar-refractivity contribution is 0.0967. The molecule has 0 radical (unpaired) electrons. The number of imide groups is 1. The molecule has 0 aliphatic rings. The molecule has 4 nitrogen and oxygen atoms in total. The van der Waals surface area contributed by atoms with E-state index in [4.69, 9.17) is 11.6 Å². The normalized spacial score (nSPS) is 9.90. The number of anilines is 1. The summed E-state index contributed by atoms with van der Waals surface area (Å²) < 4.78 is 12.7. The second kappa shape index (κ2) is 6.16. The Hall–Kier alpha value is -2.40. The van der Waals surface area contributed by atoms with E-state index in [0.717, 1.165) is 0 Å². The highest BCUT2D eigenvalue weighted by molar-refractivity contribution is 6.34. The van der Waals surface area contributed by atoms with Crippen molar-refractivity contribution in [3.05, 3.63) is 64.9 Å². The van der Waals surface area contributed by atoms with Crippen molar-refractivity contribution in [1.29, 1.82) is 0 Å². The van der Waals surface area contributed by atoms with Gasteiger partial charge >= 0.3 is 6.03 Å². The largest absolute Gasteiger partial charge is 0.326 e. The van der Waals surface area contributed by atoms with E-state index in [9.17, 15) is 14.0 Å². The molecule has 2 aromatic rings. The number of hydrogen-bond acceptors (Lipinski definition) is 2. The smallest absolute Gasteiger partial charge is 0.308 e. The Bertz CT molecular complexity index is 644. The van der Waals surface area contributed by atoms with E-state index in [1.807, 2.05) is 0 Å². The summed E-state index contributed by atoms with van der Waals surface area (Å²) in [6.45, 7) is 0. The molecule has 2 aromatic carbocycles. The topological polar surface area (TPSA) is 58.2 Å². The van der Waals surface area contributed by atoms with Crippen LogP contribution in [0.5, 0.6) is 0 Å². The molecule has 102 valence electrons. The Morgan fingerprint density at radius 2 is 1.65 bits per heavy atom. The van der Waals surface area contributed by atoms with E-state index in [-0.39, 0.29) is 10.6 Å². The molecule has 2 N–H and O–H groups in total. The molecule has 0 saturated carbocycles. The minimum Gasteiger partial charge on any atom is -0.308 e. The number of halogens is 2. The molecule has 0 saturated heterocycles. The van der Waals surface area contributed by atoms with Crippen molar-refractivity contribution in [2.24, 2.45) is 0 Å². The van der Waals surface area contributed by atoms with Gasteiger partial charge in [-0.25, -0.2) is 9.18 Å². The Balaban J connectivity index is 2.00. The first-order valence-electron chi connectivity index (χ1n) is 5.68. The second-order valence-electron chi connectivity index (χ2n) is 3.89. The second-order valence-corrected chi connectivity index (χ2v) is 4.30. The van der Waals surface area contributed by atoms with Gasteiger partial charge in [0.25, 0.3) is 5.91 Å². The molecule has 2 rings (SSSR count). The maximum Gasteiger partial charge on any atom is 0.326 e. The molecule has 0 aliphatic heterocycles. The number of nitrogens with one attached hydrogen (secondary N) is 2. The zero-order chi connectivity index (χ0) is 14.5. The van der Waals surface area contributed by atoms with E-state index in [1.54, 1.807) is 18.2 Å². The fourth-order valence-corrected chi connectivity index (χ4v) is 1.73. The number of amides is 3. The zero-order valence-electron chi connectivity index (χ0n) is 10.2. The molecule has 3 amide bonds. The average Bonchev–Trinajstić information content (AvgIpc) is 2.41. The van der Waals surface area contributed by atoms with E-state index in [1.165, 1.54) is 30.3 Å². The minimum absolute atomic E-state index is 0.198. The van der Waals surface area contributed by atoms with E-state index in [2.05, 4.69) is 10.6 Å². The van der Waals surface area contributed by atoms with Crippen LogP contribution in [0.4, 0.5) is 14.9 Å². The molecule has 0 aliphatic carbocycles. The van der Waals surface area contributed by atoms with E-state index < -0.39 is 17.8 Å². The Labute approximate surface area is 119 Å². The third-order valence-electron chi connectivity index (χ3n) is 2.45. The van der Waals surface area contributed by atoms with Crippen LogP contribution in [0, 0.1) is 5.82 Å². The highest BCUT2D eigenvalue weighted by atomic mass is 35.5. The fourth-order valence-electron chi connectivity index (χ4n) is 1.51. The van der Waals surface area contributed by atoms with Gasteiger partial charge in [-0.15, -0.1) is 0 Å². The molecule has 0 heterocycles. The van der Waals surface area contributed by atoms with Gasteiger partial charge in [0, 0.05) is 5.69 Å². The quantitative estimate of drug-likeness (QED) is 0.891. The molecule has 6 heteroatoms. The number of hydrogen-bond donors (Lipinski definition) is 2. The predicted octanol–water partition coefficient (Wildman–Crippen LogP) is 3.44. The summed E-state index contributed by atoms with van der Waals surface area (Å²) in [4.78, 5) is 23.4. The molecule has 0 fully saturated rings. The molecule has 20 heavy (non-hydrogen) atoms. The van der Waals surface area contributed by atoms with Gasteiger partial charge in [-0.1, -0.05) is 23.7 Å². The van der Waals surface area contributed by atoms with Gasteiger partial charge in [-0.05, 0) is 36.4 Å². The van der Waals surface area contributed by atoms with Crippen molar-refractivity contribution < 1.29 is 14.0 Å². The lowest BCUT2D eigenvalue weighted by Gasteiger charge is -2.07. The van der Waals surface area contributed by atoms with Gasteiger partial charge in [-0.3, -0.25) is 10.1 Å². The predicted molar refractivity (Wildman–Crippen MR) is 74.3 cm³/mol. The number of rotatable bonds is 2. The Morgan fingerprint density at radius 1 is 1.00 bits per heavy atom. The Morgan fingerprint density at radius 3 is 2.30 bits per heavy atom. The average molecular weight is 293 g/mol. The fraction of sp³-hybridized carbons (Fsp3) is 0. The van der Waals surface area contributed by atoms with Crippen LogP contribution in [0.3, 0.4) is 0 Å². The van der Waals surface area contributed by atoms with Crippen LogP contribution < -0.4 is 10.6 Å². The molecule has 0 spiro atoms. The van der Waals surface area contributed by atoms with Crippen molar-refractivity contribution in [2.45, 2.75) is 0 Å². The van der Waals surface area contributed by atoms with Crippen molar-refractivity contribution in [2.75, 3.05) is 5.32 Å². The van der Waals surface area contributed by atoms with Gasteiger partial charge in [0.2, 0.25) is 0 Å². The maximum atomic E-state index is 12.7.